The van der Waals surface area contributed by atoms with Crippen LogP contribution >= 0.6 is 0 Å². The molecular weight excluding hydrogens is 256 g/mol. The minimum atomic E-state index is -0.492. The van der Waals surface area contributed by atoms with Crippen molar-refractivity contribution in [2.45, 2.75) is 45.1 Å². The van der Waals surface area contributed by atoms with Gasteiger partial charge in [-0.05, 0) is 49.6 Å². The summed E-state index contributed by atoms with van der Waals surface area (Å²) in [5, 5.41) is 3.50. The number of hydrogen-bond donors (Lipinski definition) is 1. The second-order valence-electron chi connectivity index (χ2n) is 6.29. The molecule has 1 aromatic rings. The summed E-state index contributed by atoms with van der Waals surface area (Å²) >= 11 is 0. The molecule has 1 N–H and O–H groups in total. The van der Waals surface area contributed by atoms with Crippen LogP contribution in [0.15, 0.2) is 18.2 Å². The Kier molecular flexibility index (Phi) is 4.06. The van der Waals surface area contributed by atoms with E-state index in [4.69, 9.17) is 0 Å². The van der Waals surface area contributed by atoms with Crippen LogP contribution in [0, 0.1) is 29.4 Å². The number of fused-ring (bicyclic) bond motifs is 1. The molecule has 0 bridgehead atoms. The summed E-state index contributed by atoms with van der Waals surface area (Å²) < 4.78 is 27.2. The van der Waals surface area contributed by atoms with Crippen molar-refractivity contribution in [2.75, 3.05) is 6.54 Å². The lowest BCUT2D eigenvalue weighted by Crippen LogP contribution is -2.26. The number of rotatable bonds is 5. The zero-order valence-electron chi connectivity index (χ0n) is 12.0. The highest BCUT2D eigenvalue weighted by atomic mass is 19.1. The third kappa shape index (κ3) is 2.60. The van der Waals surface area contributed by atoms with Gasteiger partial charge in [0.05, 0.1) is 0 Å². The second kappa shape index (κ2) is 5.80. The Morgan fingerprint density at radius 3 is 2.50 bits per heavy atom. The summed E-state index contributed by atoms with van der Waals surface area (Å²) in [6, 6.07) is 4.08. The molecule has 0 radical (unpaired) electrons. The predicted octanol–water partition coefficient (Wildman–Crippen LogP) is 4.44. The van der Waals surface area contributed by atoms with Crippen molar-refractivity contribution in [3.63, 3.8) is 0 Å². The van der Waals surface area contributed by atoms with Crippen LogP contribution in [0.25, 0.3) is 0 Å². The SMILES string of the molecule is CCCNC(c1ccc(F)cc1F)C1C2CCCCC21. The summed E-state index contributed by atoms with van der Waals surface area (Å²) in [6.45, 7) is 3.00. The Balaban J connectivity index is 1.82. The number of benzene rings is 1. The van der Waals surface area contributed by atoms with Crippen LogP contribution in [0.1, 0.15) is 50.6 Å². The van der Waals surface area contributed by atoms with E-state index in [1.165, 1.54) is 31.7 Å². The Hall–Kier alpha value is -0.960. The third-order valence-electron chi connectivity index (χ3n) is 5.02. The van der Waals surface area contributed by atoms with Gasteiger partial charge in [0.25, 0.3) is 0 Å². The first-order chi connectivity index (χ1) is 9.72. The van der Waals surface area contributed by atoms with E-state index >= 15 is 0 Å². The first-order valence-corrected chi connectivity index (χ1v) is 7.90. The molecule has 3 rings (SSSR count). The summed E-state index contributed by atoms with van der Waals surface area (Å²) in [5.41, 5.74) is 0.652. The van der Waals surface area contributed by atoms with Gasteiger partial charge >= 0.3 is 0 Å². The van der Waals surface area contributed by atoms with Gasteiger partial charge in [0, 0.05) is 17.7 Å². The molecule has 2 aliphatic carbocycles. The minimum Gasteiger partial charge on any atom is -0.310 e. The third-order valence-corrected chi connectivity index (χ3v) is 5.02. The molecule has 1 nitrogen and oxygen atoms in total. The lowest BCUT2D eigenvalue weighted by molar-refractivity contribution is 0.425. The fraction of sp³-hybridized carbons (Fsp3) is 0.647. The summed E-state index contributed by atoms with van der Waals surface area (Å²) in [7, 11) is 0. The van der Waals surface area contributed by atoms with E-state index < -0.39 is 11.6 Å². The average Bonchev–Trinajstić information content (AvgIpc) is 3.15. The molecule has 3 heteroatoms. The first-order valence-electron chi connectivity index (χ1n) is 7.90. The van der Waals surface area contributed by atoms with Crippen molar-refractivity contribution in [3.05, 3.63) is 35.4 Å². The van der Waals surface area contributed by atoms with Crippen LogP contribution in [0.3, 0.4) is 0 Å². The zero-order chi connectivity index (χ0) is 14.1. The van der Waals surface area contributed by atoms with E-state index in [2.05, 4.69) is 12.2 Å². The fourth-order valence-corrected chi connectivity index (χ4v) is 4.05. The van der Waals surface area contributed by atoms with E-state index in [1.807, 2.05) is 0 Å². The lowest BCUT2D eigenvalue weighted by Gasteiger charge is -2.20. The molecule has 0 amide bonds. The maximum Gasteiger partial charge on any atom is 0.130 e. The largest absolute Gasteiger partial charge is 0.310 e. The Labute approximate surface area is 119 Å². The summed E-state index contributed by atoms with van der Waals surface area (Å²) in [5.74, 6) is 1.16. The van der Waals surface area contributed by atoms with E-state index in [9.17, 15) is 8.78 Å². The maximum absolute atomic E-state index is 14.1. The number of hydrogen-bond acceptors (Lipinski definition) is 1. The molecule has 1 aromatic carbocycles. The molecule has 0 saturated heterocycles. The zero-order valence-corrected chi connectivity index (χ0v) is 12.0. The molecular formula is C17H23F2N. The summed E-state index contributed by atoms with van der Waals surface area (Å²) in [6.07, 6.45) is 6.21. The second-order valence-corrected chi connectivity index (χ2v) is 6.29. The fourth-order valence-electron chi connectivity index (χ4n) is 4.05. The lowest BCUT2D eigenvalue weighted by atomic mass is 9.99. The first kappa shape index (κ1) is 14.0. The van der Waals surface area contributed by atoms with Gasteiger partial charge in [-0.1, -0.05) is 25.8 Å². The van der Waals surface area contributed by atoms with Crippen LogP contribution in [-0.4, -0.2) is 6.54 Å². The van der Waals surface area contributed by atoms with Crippen molar-refractivity contribution in [1.29, 1.82) is 0 Å². The molecule has 0 heterocycles. The highest BCUT2D eigenvalue weighted by Gasteiger charge is 2.54. The predicted molar refractivity (Wildman–Crippen MR) is 76.3 cm³/mol. The molecule has 2 aliphatic rings. The molecule has 0 aromatic heterocycles. The normalized spacial score (nSPS) is 29.9. The highest BCUT2D eigenvalue weighted by molar-refractivity contribution is 5.26. The molecule has 2 saturated carbocycles. The van der Waals surface area contributed by atoms with Gasteiger partial charge < -0.3 is 5.32 Å². The van der Waals surface area contributed by atoms with Crippen LogP contribution in [0.4, 0.5) is 8.78 Å². The van der Waals surface area contributed by atoms with Crippen molar-refractivity contribution in [3.8, 4) is 0 Å². The van der Waals surface area contributed by atoms with Gasteiger partial charge in [-0.2, -0.15) is 0 Å². The standard InChI is InChI=1S/C17H23F2N/c1-2-9-20-17(14-8-7-11(18)10-15(14)19)16-12-5-3-4-6-13(12)16/h7-8,10,12-13,16-17,20H,2-6,9H2,1H3. The molecule has 20 heavy (non-hydrogen) atoms. The van der Waals surface area contributed by atoms with Crippen molar-refractivity contribution in [2.24, 2.45) is 17.8 Å². The molecule has 0 aliphatic heterocycles. The Morgan fingerprint density at radius 1 is 1.20 bits per heavy atom. The monoisotopic (exact) mass is 279 g/mol. The van der Waals surface area contributed by atoms with E-state index in [0.29, 0.717) is 11.5 Å². The molecule has 110 valence electrons. The van der Waals surface area contributed by atoms with Gasteiger partial charge in [0.2, 0.25) is 0 Å². The Bertz CT molecular complexity index is 462. The number of nitrogens with one attached hydrogen (secondary N) is 1. The van der Waals surface area contributed by atoms with Gasteiger partial charge in [-0.3, -0.25) is 0 Å². The van der Waals surface area contributed by atoms with E-state index in [0.717, 1.165) is 30.9 Å². The molecule has 3 unspecified atom stereocenters. The van der Waals surface area contributed by atoms with Crippen molar-refractivity contribution < 1.29 is 8.78 Å². The molecule has 3 atom stereocenters. The highest BCUT2D eigenvalue weighted by Crippen LogP contribution is 2.60. The van der Waals surface area contributed by atoms with Crippen LogP contribution in [0.5, 0.6) is 0 Å². The van der Waals surface area contributed by atoms with Crippen LogP contribution in [0.2, 0.25) is 0 Å². The maximum atomic E-state index is 14.1. The average molecular weight is 279 g/mol. The van der Waals surface area contributed by atoms with Crippen LogP contribution < -0.4 is 5.32 Å². The van der Waals surface area contributed by atoms with Gasteiger partial charge in [-0.15, -0.1) is 0 Å². The van der Waals surface area contributed by atoms with E-state index in [1.54, 1.807) is 6.07 Å². The van der Waals surface area contributed by atoms with Gasteiger partial charge in [0.1, 0.15) is 11.6 Å². The van der Waals surface area contributed by atoms with Crippen molar-refractivity contribution in [1.82, 2.24) is 5.32 Å². The van der Waals surface area contributed by atoms with Crippen LogP contribution in [-0.2, 0) is 0 Å². The quantitative estimate of drug-likeness (QED) is 0.840. The van der Waals surface area contributed by atoms with Gasteiger partial charge in [-0.25, -0.2) is 8.78 Å². The molecule has 0 spiro atoms. The number of halogens is 2. The van der Waals surface area contributed by atoms with Gasteiger partial charge in [0.15, 0.2) is 0 Å². The smallest absolute Gasteiger partial charge is 0.130 e. The Morgan fingerprint density at radius 2 is 1.90 bits per heavy atom. The molecule has 2 fully saturated rings. The van der Waals surface area contributed by atoms with E-state index in [-0.39, 0.29) is 6.04 Å². The minimum absolute atomic E-state index is 0.0589. The topological polar surface area (TPSA) is 12.0 Å². The van der Waals surface area contributed by atoms with Crippen molar-refractivity contribution >= 4 is 0 Å². The summed E-state index contributed by atoms with van der Waals surface area (Å²) in [4.78, 5) is 0.